The van der Waals surface area contributed by atoms with Crippen LogP contribution in [0, 0.1) is 0 Å². The Balaban J connectivity index is 1.50. The Morgan fingerprint density at radius 1 is 1.29 bits per heavy atom. The lowest BCUT2D eigenvalue weighted by atomic mass is 10.1. The second kappa shape index (κ2) is 7.21. The van der Waals surface area contributed by atoms with Crippen LogP contribution in [0.1, 0.15) is 34.2 Å². The third-order valence-electron chi connectivity index (χ3n) is 5.77. The number of benzene rings is 1. The average molecular weight is 420 g/mol. The minimum atomic E-state index is -0.894. The quantitative estimate of drug-likeness (QED) is 0.655. The summed E-state index contributed by atoms with van der Waals surface area (Å²) in [5.74, 6) is -1.91. The number of hydrogen-bond donors (Lipinski definition) is 2. The number of carbonyl (C=O) groups excluding carboxylic acids is 2. The van der Waals surface area contributed by atoms with Crippen LogP contribution in [0.25, 0.3) is 10.9 Å². The van der Waals surface area contributed by atoms with Gasteiger partial charge in [-0.05, 0) is 25.5 Å². The maximum atomic E-state index is 12.9. The van der Waals surface area contributed by atoms with Crippen molar-refractivity contribution in [3.63, 3.8) is 0 Å². The summed E-state index contributed by atoms with van der Waals surface area (Å²) in [6, 6.07) is 9.11. The first-order valence-electron chi connectivity index (χ1n) is 10.0. The summed E-state index contributed by atoms with van der Waals surface area (Å²) in [5, 5.41) is 14.0. The number of hydrogen-bond acceptors (Lipinski definition) is 6. The normalized spacial score (nSPS) is 20.3. The first kappa shape index (κ1) is 19.3. The van der Waals surface area contributed by atoms with E-state index >= 15 is 0 Å². The number of nitrogens with one attached hydrogen (secondary N) is 1. The molecule has 3 aromatic rings. The molecule has 9 heteroatoms. The zero-order valence-corrected chi connectivity index (χ0v) is 16.7. The molecule has 2 aliphatic heterocycles. The molecule has 31 heavy (non-hydrogen) atoms. The molecule has 0 aliphatic carbocycles. The van der Waals surface area contributed by atoms with Crippen molar-refractivity contribution in [2.75, 3.05) is 11.9 Å². The molecule has 0 spiro atoms. The summed E-state index contributed by atoms with van der Waals surface area (Å²) < 4.78 is 7.12. The number of fused-ring (bicyclic) bond motifs is 3. The Hall–Kier alpha value is -3.72. The Morgan fingerprint density at radius 3 is 2.94 bits per heavy atom. The summed E-state index contributed by atoms with van der Waals surface area (Å²) in [4.78, 5) is 44.3. The van der Waals surface area contributed by atoms with Crippen molar-refractivity contribution < 1.29 is 19.4 Å². The molecule has 0 unspecified atom stereocenters. The Kier molecular flexibility index (Phi) is 4.48. The predicted molar refractivity (Wildman–Crippen MR) is 112 cm³/mol. The molecule has 158 valence electrons. The van der Waals surface area contributed by atoms with E-state index in [4.69, 9.17) is 4.74 Å². The second-order valence-electron chi connectivity index (χ2n) is 7.77. The number of aromatic nitrogens is 2. The van der Waals surface area contributed by atoms with Gasteiger partial charge in [0.2, 0.25) is 5.43 Å². The standard InChI is InChI=1S/C22H20N4O5/c1-12-6-7-31-17-11-25-10-15(19(27)20(28)18(25)22(30)26(12)17)21(29)24-14-8-13-4-2-3-5-16(13)23-9-14/h2-5,8-10,12,17,28H,6-7,11H2,1H3,(H,24,29)/t12-,17+/m1/s1. The smallest absolute Gasteiger partial charge is 0.276 e. The molecule has 0 bridgehead atoms. The van der Waals surface area contributed by atoms with Gasteiger partial charge in [-0.25, -0.2) is 0 Å². The molecule has 4 heterocycles. The number of aromatic hydroxyl groups is 1. The van der Waals surface area contributed by atoms with Gasteiger partial charge in [-0.2, -0.15) is 0 Å². The molecule has 9 nitrogen and oxygen atoms in total. The van der Waals surface area contributed by atoms with Gasteiger partial charge < -0.3 is 24.6 Å². The molecule has 2 atom stereocenters. The van der Waals surface area contributed by atoms with Crippen LogP contribution < -0.4 is 10.7 Å². The maximum absolute atomic E-state index is 12.9. The summed E-state index contributed by atoms with van der Waals surface area (Å²) in [6.07, 6.45) is 2.97. The van der Waals surface area contributed by atoms with Gasteiger partial charge in [0.1, 0.15) is 5.56 Å². The van der Waals surface area contributed by atoms with Gasteiger partial charge in [0.25, 0.3) is 11.8 Å². The lowest BCUT2D eigenvalue weighted by Crippen LogP contribution is -2.57. The van der Waals surface area contributed by atoms with E-state index in [0.29, 0.717) is 18.7 Å². The van der Waals surface area contributed by atoms with Crippen LogP contribution in [-0.4, -0.2) is 50.2 Å². The van der Waals surface area contributed by atoms with Crippen LogP contribution in [-0.2, 0) is 11.3 Å². The summed E-state index contributed by atoms with van der Waals surface area (Å²) >= 11 is 0. The fraction of sp³-hybridized carbons (Fsp3) is 0.273. The second-order valence-corrected chi connectivity index (χ2v) is 7.77. The summed E-state index contributed by atoms with van der Waals surface area (Å²) in [6.45, 7) is 2.63. The largest absolute Gasteiger partial charge is 0.503 e. The van der Waals surface area contributed by atoms with E-state index in [0.717, 1.165) is 10.9 Å². The van der Waals surface area contributed by atoms with Gasteiger partial charge in [-0.3, -0.25) is 19.4 Å². The number of pyridine rings is 2. The molecule has 0 saturated carbocycles. The number of ether oxygens (including phenoxy) is 1. The van der Waals surface area contributed by atoms with Crippen molar-refractivity contribution in [2.45, 2.75) is 32.2 Å². The van der Waals surface area contributed by atoms with Gasteiger partial charge in [0, 0.05) is 17.6 Å². The molecule has 0 radical (unpaired) electrons. The van der Waals surface area contributed by atoms with E-state index in [1.165, 1.54) is 17.0 Å². The van der Waals surface area contributed by atoms with Crippen LogP contribution in [0.5, 0.6) is 5.75 Å². The van der Waals surface area contributed by atoms with Crippen LogP contribution in [0.3, 0.4) is 0 Å². The van der Waals surface area contributed by atoms with E-state index < -0.39 is 29.2 Å². The summed E-state index contributed by atoms with van der Waals surface area (Å²) in [7, 11) is 0. The topological polar surface area (TPSA) is 114 Å². The molecule has 2 aliphatic rings. The maximum Gasteiger partial charge on any atom is 0.276 e. The van der Waals surface area contributed by atoms with Gasteiger partial charge in [-0.15, -0.1) is 0 Å². The third-order valence-corrected chi connectivity index (χ3v) is 5.77. The molecule has 1 aromatic carbocycles. The number of rotatable bonds is 2. The molecule has 1 fully saturated rings. The highest BCUT2D eigenvalue weighted by Crippen LogP contribution is 2.29. The van der Waals surface area contributed by atoms with Crippen molar-refractivity contribution in [2.24, 2.45) is 0 Å². The number of para-hydroxylation sites is 1. The van der Waals surface area contributed by atoms with Crippen molar-refractivity contribution >= 4 is 28.4 Å². The fourth-order valence-corrected chi connectivity index (χ4v) is 4.16. The first-order valence-corrected chi connectivity index (χ1v) is 10.0. The minimum Gasteiger partial charge on any atom is -0.503 e. The van der Waals surface area contributed by atoms with Crippen LogP contribution in [0.2, 0.25) is 0 Å². The zero-order valence-electron chi connectivity index (χ0n) is 16.7. The molecule has 2 aromatic heterocycles. The fourth-order valence-electron chi connectivity index (χ4n) is 4.16. The Labute approximate surface area is 176 Å². The minimum absolute atomic E-state index is 0.0714. The number of anilines is 1. The Morgan fingerprint density at radius 2 is 2.10 bits per heavy atom. The van der Waals surface area contributed by atoms with Crippen molar-refractivity contribution in [1.82, 2.24) is 14.5 Å². The van der Waals surface area contributed by atoms with E-state index in [1.54, 1.807) is 11.0 Å². The highest BCUT2D eigenvalue weighted by atomic mass is 16.5. The lowest BCUT2D eigenvalue weighted by Gasteiger charge is -2.44. The molecule has 1 saturated heterocycles. The Bertz CT molecular complexity index is 1280. The zero-order chi connectivity index (χ0) is 21.7. The molecular weight excluding hydrogens is 400 g/mol. The van der Waals surface area contributed by atoms with E-state index in [-0.39, 0.29) is 23.8 Å². The number of nitrogens with zero attached hydrogens (tertiary/aromatic N) is 3. The highest BCUT2D eigenvalue weighted by Gasteiger charge is 2.41. The van der Waals surface area contributed by atoms with Gasteiger partial charge in [0.05, 0.1) is 30.6 Å². The van der Waals surface area contributed by atoms with E-state index in [2.05, 4.69) is 10.3 Å². The van der Waals surface area contributed by atoms with Crippen molar-refractivity contribution in [1.29, 1.82) is 0 Å². The average Bonchev–Trinajstić information content (AvgIpc) is 2.76. The first-order chi connectivity index (χ1) is 14.9. The summed E-state index contributed by atoms with van der Waals surface area (Å²) in [5.41, 5.74) is -0.0920. The van der Waals surface area contributed by atoms with E-state index in [9.17, 15) is 19.5 Å². The van der Waals surface area contributed by atoms with Crippen LogP contribution in [0.15, 0.2) is 47.5 Å². The SMILES string of the molecule is C[C@@H]1CCO[C@H]2Cn3cc(C(=O)Nc4cnc5ccccc5c4)c(=O)c(O)c3C(=O)N12. The molecule has 5 rings (SSSR count). The predicted octanol–water partition coefficient (Wildman–Crippen LogP) is 1.95. The monoisotopic (exact) mass is 420 g/mol. The highest BCUT2D eigenvalue weighted by molar-refractivity contribution is 6.06. The van der Waals surface area contributed by atoms with Gasteiger partial charge >= 0.3 is 0 Å². The van der Waals surface area contributed by atoms with Gasteiger partial charge in [-0.1, -0.05) is 18.2 Å². The number of amides is 2. The number of carbonyl (C=O) groups is 2. The molecular formula is C22H20N4O5. The molecule has 2 N–H and O–H groups in total. The van der Waals surface area contributed by atoms with E-state index in [1.807, 2.05) is 31.2 Å². The van der Waals surface area contributed by atoms with Crippen LogP contribution >= 0.6 is 0 Å². The third kappa shape index (κ3) is 3.14. The lowest BCUT2D eigenvalue weighted by molar-refractivity contribution is -0.112. The van der Waals surface area contributed by atoms with Crippen LogP contribution in [0.4, 0.5) is 5.69 Å². The van der Waals surface area contributed by atoms with Gasteiger partial charge in [0.15, 0.2) is 17.7 Å². The molecule has 2 amide bonds. The van der Waals surface area contributed by atoms with Crippen molar-refractivity contribution in [3.8, 4) is 5.75 Å². The van der Waals surface area contributed by atoms with Crippen molar-refractivity contribution in [3.05, 3.63) is 64.2 Å².